The number of hydrogen-bond acceptors (Lipinski definition) is 3. The number of rotatable bonds is 3. The molecule has 1 aromatic heterocycles. The van der Waals surface area contributed by atoms with E-state index in [1.165, 1.54) is 0 Å². The Hall–Kier alpha value is -0.880. The van der Waals surface area contributed by atoms with E-state index in [0.29, 0.717) is 6.54 Å². The fourth-order valence-corrected chi connectivity index (χ4v) is 2.95. The molecule has 1 aliphatic rings. The highest BCUT2D eigenvalue weighted by Crippen LogP contribution is 2.23. The van der Waals surface area contributed by atoms with E-state index < -0.39 is 0 Å². The van der Waals surface area contributed by atoms with Crippen LogP contribution < -0.4 is 5.32 Å². The molecule has 18 heavy (non-hydrogen) atoms. The first kappa shape index (κ1) is 13.5. The number of amides is 1. The molecule has 0 bridgehead atoms. The number of aromatic nitrogens is 2. The first-order valence-corrected chi connectivity index (χ1v) is 7.10. The minimum absolute atomic E-state index is 0.113. The van der Waals surface area contributed by atoms with Crippen LogP contribution >= 0.6 is 15.9 Å². The highest BCUT2D eigenvalue weighted by molar-refractivity contribution is 9.10. The molecule has 1 amide bonds. The maximum absolute atomic E-state index is 11.5. The molecule has 1 fully saturated rings. The van der Waals surface area contributed by atoms with Crippen molar-refractivity contribution in [3.05, 3.63) is 15.9 Å². The fourth-order valence-electron chi connectivity index (χ4n) is 2.21. The Labute approximate surface area is 116 Å². The van der Waals surface area contributed by atoms with Gasteiger partial charge in [-0.1, -0.05) is 6.92 Å². The van der Waals surface area contributed by atoms with Crippen LogP contribution in [0.2, 0.25) is 0 Å². The van der Waals surface area contributed by atoms with E-state index in [-0.39, 0.29) is 5.91 Å². The predicted molar refractivity (Wildman–Crippen MR) is 73.2 cm³/mol. The Morgan fingerprint density at radius 1 is 1.50 bits per heavy atom. The normalized spacial score (nSPS) is 17.6. The molecule has 100 valence electrons. The van der Waals surface area contributed by atoms with Gasteiger partial charge in [-0.2, -0.15) is 5.10 Å². The molecule has 0 atom stereocenters. The number of carbonyl (C=O) groups is 1. The zero-order valence-electron chi connectivity index (χ0n) is 10.9. The van der Waals surface area contributed by atoms with Crippen molar-refractivity contribution in [1.29, 1.82) is 0 Å². The molecule has 1 N–H and O–H groups in total. The number of nitrogens with one attached hydrogen (secondary N) is 1. The molecular formula is C12H19BrN4O. The van der Waals surface area contributed by atoms with Crippen LogP contribution in [-0.4, -0.2) is 40.2 Å². The summed E-state index contributed by atoms with van der Waals surface area (Å²) < 4.78 is 2.99. The van der Waals surface area contributed by atoms with E-state index in [1.54, 1.807) is 0 Å². The molecule has 0 aromatic carbocycles. The van der Waals surface area contributed by atoms with Gasteiger partial charge < -0.3 is 5.32 Å². The van der Waals surface area contributed by atoms with Gasteiger partial charge >= 0.3 is 0 Å². The molecule has 6 heteroatoms. The summed E-state index contributed by atoms with van der Waals surface area (Å²) in [5, 5.41) is 7.37. The maximum atomic E-state index is 11.5. The minimum Gasteiger partial charge on any atom is -0.355 e. The standard InChI is InChI=1S/C12H19BrN4O/c1-3-9-12(13)10(16(2)15-9)7-17-6-4-5-14-11(18)8-17/h3-8H2,1-2H3,(H,14,18). The Balaban J connectivity index is 2.12. The van der Waals surface area contributed by atoms with Crippen molar-refractivity contribution in [2.75, 3.05) is 19.6 Å². The van der Waals surface area contributed by atoms with Crippen molar-refractivity contribution in [1.82, 2.24) is 20.0 Å². The van der Waals surface area contributed by atoms with Gasteiger partial charge in [0.25, 0.3) is 0 Å². The van der Waals surface area contributed by atoms with Crippen LogP contribution in [0.5, 0.6) is 0 Å². The number of nitrogens with zero attached hydrogens (tertiary/aromatic N) is 3. The van der Waals surface area contributed by atoms with E-state index in [0.717, 1.165) is 48.3 Å². The van der Waals surface area contributed by atoms with Gasteiger partial charge in [-0.3, -0.25) is 14.4 Å². The molecule has 5 nitrogen and oxygen atoms in total. The smallest absolute Gasteiger partial charge is 0.234 e. The second-order valence-corrected chi connectivity index (χ2v) is 5.39. The Morgan fingerprint density at radius 2 is 2.28 bits per heavy atom. The van der Waals surface area contributed by atoms with Gasteiger partial charge in [0.1, 0.15) is 0 Å². The summed E-state index contributed by atoms with van der Waals surface area (Å²) in [6.45, 7) is 5.05. The fraction of sp³-hybridized carbons (Fsp3) is 0.667. The average molecular weight is 315 g/mol. The second-order valence-electron chi connectivity index (χ2n) is 4.60. The van der Waals surface area contributed by atoms with Crippen molar-refractivity contribution < 1.29 is 4.79 Å². The molecule has 2 heterocycles. The zero-order chi connectivity index (χ0) is 13.1. The molecule has 0 saturated carbocycles. The maximum Gasteiger partial charge on any atom is 0.234 e. The minimum atomic E-state index is 0.113. The van der Waals surface area contributed by atoms with Gasteiger partial charge in [0.2, 0.25) is 5.91 Å². The number of aryl methyl sites for hydroxylation is 2. The van der Waals surface area contributed by atoms with E-state index in [2.05, 4.69) is 38.2 Å². The van der Waals surface area contributed by atoms with Gasteiger partial charge in [-0.25, -0.2) is 0 Å². The first-order chi connectivity index (χ1) is 8.61. The lowest BCUT2D eigenvalue weighted by Crippen LogP contribution is -2.33. The van der Waals surface area contributed by atoms with Crippen molar-refractivity contribution in [2.24, 2.45) is 7.05 Å². The van der Waals surface area contributed by atoms with E-state index >= 15 is 0 Å². The van der Waals surface area contributed by atoms with Crippen LogP contribution in [-0.2, 0) is 24.8 Å². The van der Waals surface area contributed by atoms with Crippen LogP contribution in [0.1, 0.15) is 24.7 Å². The van der Waals surface area contributed by atoms with Crippen LogP contribution in [0.25, 0.3) is 0 Å². The second kappa shape index (κ2) is 5.84. The SMILES string of the molecule is CCc1nn(C)c(CN2CCCNC(=O)C2)c1Br. The van der Waals surface area contributed by atoms with Gasteiger partial charge in [0.15, 0.2) is 0 Å². The van der Waals surface area contributed by atoms with Gasteiger partial charge in [-0.15, -0.1) is 0 Å². The summed E-state index contributed by atoms with van der Waals surface area (Å²) >= 11 is 3.61. The third-order valence-electron chi connectivity index (χ3n) is 3.22. The summed E-state index contributed by atoms with van der Waals surface area (Å²) in [5.41, 5.74) is 2.22. The monoisotopic (exact) mass is 314 g/mol. The lowest BCUT2D eigenvalue weighted by Gasteiger charge is -2.18. The van der Waals surface area contributed by atoms with Crippen LogP contribution in [0.15, 0.2) is 4.47 Å². The van der Waals surface area contributed by atoms with E-state index in [4.69, 9.17) is 0 Å². The largest absolute Gasteiger partial charge is 0.355 e. The molecule has 2 rings (SSSR count). The van der Waals surface area contributed by atoms with E-state index in [1.807, 2.05) is 11.7 Å². The van der Waals surface area contributed by atoms with Crippen LogP contribution in [0.4, 0.5) is 0 Å². The molecule has 0 aliphatic carbocycles. The third-order valence-corrected chi connectivity index (χ3v) is 4.13. The number of hydrogen-bond donors (Lipinski definition) is 1. The molecule has 0 radical (unpaired) electrons. The molecular weight excluding hydrogens is 296 g/mol. The molecule has 0 unspecified atom stereocenters. The Morgan fingerprint density at radius 3 is 2.94 bits per heavy atom. The van der Waals surface area contributed by atoms with Crippen molar-refractivity contribution in [3.8, 4) is 0 Å². The number of carbonyl (C=O) groups excluding carboxylic acids is 1. The molecule has 1 aliphatic heterocycles. The Kier molecular flexibility index (Phi) is 4.40. The third kappa shape index (κ3) is 2.92. The summed E-state index contributed by atoms with van der Waals surface area (Å²) in [4.78, 5) is 13.7. The quantitative estimate of drug-likeness (QED) is 0.908. The van der Waals surface area contributed by atoms with E-state index in [9.17, 15) is 4.79 Å². The van der Waals surface area contributed by atoms with Gasteiger partial charge in [-0.05, 0) is 28.8 Å². The molecule has 1 saturated heterocycles. The first-order valence-electron chi connectivity index (χ1n) is 6.31. The van der Waals surface area contributed by atoms with Crippen molar-refractivity contribution >= 4 is 21.8 Å². The lowest BCUT2D eigenvalue weighted by molar-refractivity contribution is -0.121. The summed E-state index contributed by atoms with van der Waals surface area (Å²) in [6, 6.07) is 0. The average Bonchev–Trinajstić information content (AvgIpc) is 2.53. The number of halogens is 1. The van der Waals surface area contributed by atoms with Crippen molar-refractivity contribution in [2.45, 2.75) is 26.3 Å². The Bertz CT molecular complexity index is 444. The van der Waals surface area contributed by atoms with Gasteiger partial charge in [0, 0.05) is 26.7 Å². The topological polar surface area (TPSA) is 50.2 Å². The summed E-state index contributed by atoms with van der Waals surface area (Å²) in [7, 11) is 1.96. The van der Waals surface area contributed by atoms with Crippen molar-refractivity contribution in [3.63, 3.8) is 0 Å². The van der Waals surface area contributed by atoms with Crippen LogP contribution in [0, 0.1) is 0 Å². The summed E-state index contributed by atoms with van der Waals surface area (Å²) in [6.07, 6.45) is 1.91. The lowest BCUT2D eigenvalue weighted by atomic mass is 10.3. The highest BCUT2D eigenvalue weighted by Gasteiger charge is 2.19. The molecule has 1 aromatic rings. The molecule has 0 spiro atoms. The predicted octanol–water partition coefficient (Wildman–Crippen LogP) is 1.07. The van der Waals surface area contributed by atoms with Crippen LogP contribution in [0.3, 0.4) is 0 Å². The highest BCUT2D eigenvalue weighted by atomic mass is 79.9. The zero-order valence-corrected chi connectivity index (χ0v) is 12.5. The summed E-state index contributed by atoms with van der Waals surface area (Å²) in [5.74, 6) is 0.113. The van der Waals surface area contributed by atoms with Gasteiger partial charge in [0.05, 0.1) is 22.4 Å².